The van der Waals surface area contributed by atoms with Gasteiger partial charge in [-0.3, -0.25) is 9.59 Å². The Morgan fingerprint density at radius 1 is 1.08 bits per heavy atom. The first-order valence-corrected chi connectivity index (χ1v) is 8.52. The average molecular weight is 344 g/mol. The van der Waals surface area contributed by atoms with Crippen molar-refractivity contribution in [1.82, 2.24) is 0 Å². The van der Waals surface area contributed by atoms with Crippen LogP contribution >= 0.6 is 11.8 Å². The van der Waals surface area contributed by atoms with Crippen LogP contribution < -0.4 is 0 Å². The molecule has 24 heavy (non-hydrogen) atoms. The maximum atomic E-state index is 12.1. The van der Waals surface area contributed by atoms with Crippen molar-refractivity contribution in [3.63, 3.8) is 0 Å². The van der Waals surface area contributed by atoms with E-state index < -0.39 is 22.4 Å². The molecular formula is C19H20O4S. The molecule has 0 spiro atoms. The van der Waals surface area contributed by atoms with E-state index in [2.05, 4.69) is 0 Å². The van der Waals surface area contributed by atoms with Gasteiger partial charge in [0, 0.05) is 0 Å². The standard InChI is InChI=1S/C19H20O4S/c1-13-8-10-14(11-9-13)12-16(19(22)23-2)24-17(18(20)21)15-6-4-3-5-7-15/h3-11,16-17H,12H2,1-2H3,(H,20,21). The summed E-state index contributed by atoms with van der Waals surface area (Å²) in [5, 5.41) is 8.16. The fourth-order valence-electron chi connectivity index (χ4n) is 2.33. The van der Waals surface area contributed by atoms with Crippen molar-refractivity contribution < 1.29 is 19.4 Å². The Labute approximate surface area is 145 Å². The highest BCUT2D eigenvalue weighted by Gasteiger charge is 2.29. The number of hydrogen-bond donors (Lipinski definition) is 1. The van der Waals surface area contributed by atoms with Gasteiger partial charge in [-0.2, -0.15) is 0 Å². The molecule has 126 valence electrons. The third kappa shape index (κ3) is 4.86. The predicted octanol–water partition coefficient (Wildman–Crippen LogP) is 3.64. The second-order valence-electron chi connectivity index (χ2n) is 5.47. The van der Waals surface area contributed by atoms with Crippen LogP contribution in [0.2, 0.25) is 0 Å². The van der Waals surface area contributed by atoms with Crippen LogP contribution in [0, 0.1) is 6.92 Å². The van der Waals surface area contributed by atoms with E-state index in [4.69, 9.17) is 4.74 Å². The number of aryl methyl sites for hydroxylation is 1. The van der Waals surface area contributed by atoms with E-state index in [1.165, 1.54) is 7.11 Å². The van der Waals surface area contributed by atoms with E-state index in [1.54, 1.807) is 24.3 Å². The number of hydrogen-bond acceptors (Lipinski definition) is 4. The molecule has 0 radical (unpaired) electrons. The second kappa shape index (κ2) is 8.55. The molecule has 0 heterocycles. The number of ether oxygens (including phenoxy) is 1. The van der Waals surface area contributed by atoms with E-state index in [1.807, 2.05) is 37.3 Å². The van der Waals surface area contributed by atoms with Gasteiger partial charge in [0.15, 0.2) is 0 Å². The molecule has 0 fully saturated rings. The smallest absolute Gasteiger partial charge is 0.321 e. The Balaban J connectivity index is 2.21. The van der Waals surface area contributed by atoms with Crippen molar-refractivity contribution >= 4 is 23.7 Å². The van der Waals surface area contributed by atoms with E-state index in [0.29, 0.717) is 12.0 Å². The molecule has 2 aromatic carbocycles. The normalized spacial score (nSPS) is 13.1. The highest BCUT2D eigenvalue weighted by molar-refractivity contribution is 8.01. The number of carbonyl (C=O) groups excluding carboxylic acids is 1. The van der Waals surface area contributed by atoms with Crippen LogP contribution in [-0.2, 0) is 20.7 Å². The summed E-state index contributed by atoms with van der Waals surface area (Å²) in [7, 11) is 1.32. The number of benzene rings is 2. The summed E-state index contributed by atoms with van der Waals surface area (Å²) in [6.45, 7) is 1.99. The van der Waals surface area contributed by atoms with Gasteiger partial charge in [0.2, 0.25) is 0 Å². The number of thioether (sulfide) groups is 1. The Morgan fingerprint density at radius 3 is 2.25 bits per heavy atom. The lowest BCUT2D eigenvalue weighted by Crippen LogP contribution is -2.24. The van der Waals surface area contributed by atoms with Crippen molar-refractivity contribution in [1.29, 1.82) is 0 Å². The Morgan fingerprint density at radius 2 is 1.71 bits per heavy atom. The fourth-order valence-corrected chi connectivity index (χ4v) is 3.58. The van der Waals surface area contributed by atoms with Crippen molar-refractivity contribution in [3.05, 3.63) is 71.3 Å². The Kier molecular flexibility index (Phi) is 6.44. The SMILES string of the molecule is COC(=O)C(Cc1ccc(C)cc1)SC(C(=O)O)c1ccccc1. The molecule has 2 atom stereocenters. The van der Waals surface area contributed by atoms with Crippen LogP contribution in [0.4, 0.5) is 0 Å². The average Bonchev–Trinajstić information content (AvgIpc) is 2.60. The number of carboxylic acid groups (broad SMARTS) is 1. The lowest BCUT2D eigenvalue weighted by molar-refractivity contribution is -0.139. The third-order valence-electron chi connectivity index (χ3n) is 3.63. The number of rotatable bonds is 7. The summed E-state index contributed by atoms with van der Waals surface area (Å²) < 4.78 is 4.87. The predicted molar refractivity (Wildman–Crippen MR) is 95.1 cm³/mol. The van der Waals surface area contributed by atoms with Crippen LogP contribution in [-0.4, -0.2) is 29.4 Å². The summed E-state index contributed by atoms with van der Waals surface area (Å²) in [4.78, 5) is 23.8. The largest absolute Gasteiger partial charge is 0.480 e. The van der Waals surface area contributed by atoms with Gasteiger partial charge in [0.1, 0.15) is 10.5 Å². The van der Waals surface area contributed by atoms with Crippen LogP contribution in [0.25, 0.3) is 0 Å². The fraction of sp³-hybridized carbons (Fsp3) is 0.263. The molecule has 4 nitrogen and oxygen atoms in total. The van der Waals surface area contributed by atoms with E-state index >= 15 is 0 Å². The monoisotopic (exact) mass is 344 g/mol. The lowest BCUT2D eigenvalue weighted by Gasteiger charge is -2.19. The molecule has 1 N–H and O–H groups in total. The first-order valence-electron chi connectivity index (χ1n) is 7.58. The van der Waals surface area contributed by atoms with Crippen molar-refractivity contribution in [3.8, 4) is 0 Å². The molecule has 0 aliphatic carbocycles. The maximum Gasteiger partial charge on any atom is 0.321 e. The Bertz CT molecular complexity index is 682. The number of esters is 1. The summed E-state index contributed by atoms with van der Waals surface area (Å²) in [5.74, 6) is -1.38. The molecule has 2 rings (SSSR count). The van der Waals surface area contributed by atoms with E-state index in [-0.39, 0.29) is 0 Å². The van der Waals surface area contributed by atoms with E-state index in [9.17, 15) is 14.7 Å². The molecule has 0 aliphatic heterocycles. The summed E-state index contributed by atoms with van der Waals surface area (Å²) >= 11 is 1.11. The second-order valence-corrected chi connectivity index (χ2v) is 6.78. The number of aliphatic carboxylic acids is 1. The van der Waals surface area contributed by atoms with E-state index in [0.717, 1.165) is 22.9 Å². The van der Waals surface area contributed by atoms with Gasteiger partial charge < -0.3 is 9.84 Å². The minimum absolute atomic E-state index is 0.414. The number of methoxy groups -OCH3 is 1. The molecule has 0 aromatic heterocycles. The lowest BCUT2D eigenvalue weighted by atomic mass is 10.1. The van der Waals surface area contributed by atoms with Crippen molar-refractivity contribution in [2.45, 2.75) is 23.8 Å². The zero-order valence-corrected chi connectivity index (χ0v) is 14.5. The van der Waals surface area contributed by atoms with Crippen LogP contribution in [0.1, 0.15) is 21.9 Å². The van der Waals surface area contributed by atoms with Crippen molar-refractivity contribution in [2.75, 3.05) is 7.11 Å². The highest BCUT2D eigenvalue weighted by Crippen LogP contribution is 2.34. The topological polar surface area (TPSA) is 63.6 Å². The molecule has 0 saturated heterocycles. The van der Waals surface area contributed by atoms with Gasteiger partial charge >= 0.3 is 11.9 Å². The Hall–Kier alpha value is -2.27. The quantitative estimate of drug-likeness (QED) is 0.777. The van der Waals surface area contributed by atoms with Crippen molar-refractivity contribution in [2.24, 2.45) is 0 Å². The van der Waals surface area contributed by atoms with Gasteiger partial charge in [-0.05, 0) is 24.5 Å². The molecular weight excluding hydrogens is 324 g/mol. The molecule has 5 heteroatoms. The highest BCUT2D eigenvalue weighted by atomic mass is 32.2. The van der Waals surface area contributed by atoms with Gasteiger partial charge in [0.25, 0.3) is 0 Å². The number of carbonyl (C=O) groups is 2. The van der Waals surface area contributed by atoms with Crippen LogP contribution in [0.3, 0.4) is 0 Å². The maximum absolute atomic E-state index is 12.1. The van der Waals surface area contributed by atoms with Gasteiger partial charge in [-0.25, -0.2) is 0 Å². The minimum Gasteiger partial charge on any atom is -0.480 e. The van der Waals surface area contributed by atoms with Gasteiger partial charge in [-0.1, -0.05) is 60.2 Å². The van der Waals surface area contributed by atoms with Crippen LogP contribution in [0.15, 0.2) is 54.6 Å². The molecule has 2 aromatic rings. The molecule has 0 saturated carbocycles. The summed E-state index contributed by atoms with van der Waals surface area (Å²) in [6.07, 6.45) is 0.425. The first kappa shape index (κ1) is 18.1. The molecule has 2 unspecified atom stereocenters. The minimum atomic E-state index is -0.969. The third-order valence-corrected chi connectivity index (χ3v) is 5.07. The number of carboxylic acids is 1. The first-order chi connectivity index (χ1) is 11.5. The zero-order valence-electron chi connectivity index (χ0n) is 13.6. The summed E-state index contributed by atoms with van der Waals surface area (Å²) in [5.41, 5.74) is 2.77. The molecule has 0 amide bonds. The molecule has 0 aliphatic rings. The van der Waals surface area contributed by atoms with Crippen LogP contribution in [0.5, 0.6) is 0 Å². The van der Waals surface area contributed by atoms with Gasteiger partial charge in [0.05, 0.1) is 7.11 Å². The zero-order chi connectivity index (χ0) is 17.5. The molecule has 0 bridgehead atoms. The summed E-state index contributed by atoms with van der Waals surface area (Å²) in [6, 6.07) is 16.8. The van der Waals surface area contributed by atoms with Gasteiger partial charge in [-0.15, -0.1) is 11.8 Å².